The number of hydrogen-bond acceptors (Lipinski definition) is 7. The molecule has 0 aliphatic carbocycles. The molecule has 0 aliphatic rings. The van der Waals surface area contributed by atoms with E-state index in [4.69, 9.17) is 20.9 Å². The molecule has 0 saturated heterocycles. The van der Waals surface area contributed by atoms with Gasteiger partial charge in [-0.25, -0.2) is 0 Å². The van der Waals surface area contributed by atoms with Crippen molar-refractivity contribution in [2.75, 3.05) is 11.9 Å². The van der Waals surface area contributed by atoms with E-state index in [9.17, 15) is 22.8 Å². The first-order chi connectivity index (χ1) is 15.2. The van der Waals surface area contributed by atoms with Crippen LogP contribution in [-0.2, 0) is 20.7 Å². The summed E-state index contributed by atoms with van der Waals surface area (Å²) in [5.74, 6) is -1.19. The molecule has 0 fully saturated rings. The van der Waals surface area contributed by atoms with Crippen LogP contribution in [0.3, 0.4) is 0 Å². The van der Waals surface area contributed by atoms with E-state index in [1.54, 1.807) is 24.3 Å². The van der Waals surface area contributed by atoms with Gasteiger partial charge in [-0.15, -0.1) is 13.2 Å². The van der Waals surface area contributed by atoms with Gasteiger partial charge in [-0.2, -0.15) is 4.98 Å². The molecule has 0 spiro atoms. The molecule has 1 heterocycles. The summed E-state index contributed by atoms with van der Waals surface area (Å²) < 4.78 is 50.1. The molecular weight excluding hydrogens is 455 g/mol. The van der Waals surface area contributed by atoms with E-state index >= 15 is 0 Å². The summed E-state index contributed by atoms with van der Waals surface area (Å²) in [7, 11) is 0. The van der Waals surface area contributed by atoms with Gasteiger partial charge in [-0.1, -0.05) is 16.8 Å². The average molecular weight is 470 g/mol. The molecule has 0 atom stereocenters. The molecule has 3 aromatic rings. The predicted octanol–water partition coefficient (Wildman–Crippen LogP) is 4.40. The smallest absolute Gasteiger partial charge is 0.456 e. The normalized spacial score (nSPS) is 11.1. The fraction of sp³-hybridized carbons (Fsp3) is 0.200. The zero-order chi connectivity index (χ0) is 23.1. The maximum atomic E-state index is 12.1. The maximum absolute atomic E-state index is 12.1. The predicted molar refractivity (Wildman–Crippen MR) is 106 cm³/mol. The van der Waals surface area contributed by atoms with Crippen molar-refractivity contribution in [2.24, 2.45) is 0 Å². The molecule has 3 rings (SSSR count). The summed E-state index contributed by atoms with van der Waals surface area (Å²) >= 11 is 5.83. The number of carbonyl (C=O) groups is 2. The SMILES string of the molecule is O=C(COC(=O)CCc1nc(-c2ccc(Cl)cc2)no1)Nc1ccc(OC(F)(F)F)cc1. The molecular formula is C20H15ClF3N3O5. The maximum Gasteiger partial charge on any atom is 0.573 e. The highest BCUT2D eigenvalue weighted by atomic mass is 35.5. The van der Waals surface area contributed by atoms with Crippen LogP contribution < -0.4 is 10.1 Å². The number of esters is 1. The van der Waals surface area contributed by atoms with Crippen molar-refractivity contribution in [1.82, 2.24) is 10.1 Å². The first-order valence-corrected chi connectivity index (χ1v) is 9.45. The van der Waals surface area contributed by atoms with E-state index in [-0.39, 0.29) is 24.4 Å². The molecule has 0 bridgehead atoms. The number of rotatable bonds is 8. The summed E-state index contributed by atoms with van der Waals surface area (Å²) in [5, 5.41) is 6.77. The van der Waals surface area contributed by atoms with Crippen LogP contribution in [0, 0.1) is 0 Å². The molecule has 0 radical (unpaired) electrons. The molecule has 0 aliphatic heterocycles. The summed E-state index contributed by atoms with van der Waals surface area (Å²) in [5.41, 5.74) is 0.905. The van der Waals surface area contributed by atoms with Crippen LogP contribution in [0.2, 0.25) is 5.02 Å². The third-order valence-electron chi connectivity index (χ3n) is 3.85. The minimum atomic E-state index is -4.81. The molecule has 12 heteroatoms. The molecule has 0 unspecified atom stereocenters. The van der Waals surface area contributed by atoms with Crippen LogP contribution in [0.25, 0.3) is 11.4 Å². The van der Waals surface area contributed by atoms with Crippen LogP contribution in [0.15, 0.2) is 53.1 Å². The van der Waals surface area contributed by atoms with Crippen LogP contribution in [0.4, 0.5) is 18.9 Å². The molecule has 2 aromatic carbocycles. The third-order valence-corrected chi connectivity index (χ3v) is 4.10. The van der Waals surface area contributed by atoms with E-state index in [0.29, 0.717) is 16.4 Å². The van der Waals surface area contributed by atoms with Crippen molar-refractivity contribution in [3.05, 3.63) is 59.4 Å². The Morgan fingerprint density at radius 3 is 2.41 bits per heavy atom. The number of amides is 1. The largest absolute Gasteiger partial charge is 0.573 e. The van der Waals surface area contributed by atoms with Gasteiger partial charge < -0.3 is 19.3 Å². The van der Waals surface area contributed by atoms with Crippen molar-refractivity contribution in [3.8, 4) is 17.1 Å². The van der Waals surface area contributed by atoms with Crippen LogP contribution >= 0.6 is 11.6 Å². The zero-order valence-corrected chi connectivity index (χ0v) is 16.9. The van der Waals surface area contributed by atoms with E-state index in [1.165, 1.54) is 12.1 Å². The second-order valence-electron chi connectivity index (χ2n) is 6.30. The zero-order valence-electron chi connectivity index (χ0n) is 16.2. The Hall–Kier alpha value is -3.60. The Balaban J connectivity index is 1.40. The molecule has 168 valence electrons. The van der Waals surface area contributed by atoms with Crippen LogP contribution in [-0.4, -0.2) is 35.0 Å². The molecule has 1 N–H and O–H groups in total. The third kappa shape index (κ3) is 7.27. The number of benzene rings is 2. The fourth-order valence-electron chi connectivity index (χ4n) is 2.44. The van der Waals surface area contributed by atoms with Crippen molar-refractivity contribution < 1.29 is 36.8 Å². The lowest BCUT2D eigenvalue weighted by Gasteiger charge is -2.10. The van der Waals surface area contributed by atoms with Gasteiger partial charge in [0, 0.05) is 22.7 Å². The first-order valence-electron chi connectivity index (χ1n) is 9.08. The van der Waals surface area contributed by atoms with Gasteiger partial charge in [-0.3, -0.25) is 9.59 Å². The second-order valence-corrected chi connectivity index (χ2v) is 6.74. The number of nitrogens with zero attached hydrogens (tertiary/aromatic N) is 2. The molecule has 0 saturated carbocycles. The van der Waals surface area contributed by atoms with Gasteiger partial charge >= 0.3 is 12.3 Å². The van der Waals surface area contributed by atoms with E-state index < -0.39 is 30.6 Å². The molecule has 1 aromatic heterocycles. The number of hydrogen-bond donors (Lipinski definition) is 1. The monoisotopic (exact) mass is 469 g/mol. The lowest BCUT2D eigenvalue weighted by atomic mass is 10.2. The lowest BCUT2D eigenvalue weighted by Crippen LogP contribution is -2.21. The van der Waals surface area contributed by atoms with Crippen molar-refractivity contribution in [3.63, 3.8) is 0 Å². The van der Waals surface area contributed by atoms with Crippen molar-refractivity contribution in [2.45, 2.75) is 19.2 Å². The number of ether oxygens (including phenoxy) is 2. The van der Waals surface area contributed by atoms with Crippen molar-refractivity contribution >= 4 is 29.2 Å². The summed E-state index contributed by atoms with van der Waals surface area (Å²) in [4.78, 5) is 27.8. The van der Waals surface area contributed by atoms with E-state index in [0.717, 1.165) is 12.1 Å². The van der Waals surface area contributed by atoms with Crippen molar-refractivity contribution in [1.29, 1.82) is 0 Å². The Bertz CT molecular complexity index is 1070. The topological polar surface area (TPSA) is 104 Å². The van der Waals surface area contributed by atoms with Crippen LogP contribution in [0.5, 0.6) is 5.75 Å². The Morgan fingerprint density at radius 1 is 1.06 bits per heavy atom. The van der Waals surface area contributed by atoms with Gasteiger partial charge in [0.25, 0.3) is 5.91 Å². The highest BCUT2D eigenvalue weighted by molar-refractivity contribution is 6.30. The van der Waals surface area contributed by atoms with Gasteiger partial charge in [0.15, 0.2) is 6.61 Å². The highest BCUT2D eigenvalue weighted by Crippen LogP contribution is 2.24. The molecule has 1 amide bonds. The van der Waals surface area contributed by atoms with Gasteiger partial charge in [0.05, 0.1) is 6.42 Å². The number of nitrogens with one attached hydrogen (secondary N) is 1. The lowest BCUT2D eigenvalue weighted by molar-refractivity contribution is -0.274. The molecule has 32 heavy (non-hydrogen) atoms. The van der Waals surface area contributed by atoms with E-state index in [2.05, 4.69) is 20.2 Å². The van der Waals surface area contributed by atoms with Gasteiger partial charge in [-0.05, 0) is 48.5 Å². The summed E-state index contributed by atoms with van der Waals surface area (Å²) in [6.45, 7) is -0.570. The minimum Gasteiger partial charge on any atom is -0.456 e. The Morgan fingerprint density at radius 2 is 1.75 bits per heavy atom. The summed E-state index contributed by atoms with van der Waals surface area (Å²) in [6.07, 6.45) is -4.79. The molecule has 8 nitrogen and oxygen atoms in total. The Kier molecular flexibility index (Phi) is 7.31. The number of aromatic nitrogens is 2. The highest BCUT2D eigenvalue weighted by Gasteiger charge is 2.31. The Labute approximate surface area is 184 Å². The number of carbonyl (C=O) groups excluding carboxylic acids is 2. The van der Waals surface area contributed by atoms with Crippen LogP contribution in [0.1, 0.15) is 12.3 Å². The summed E-state index contributed by atoms with van der Waals surface area (Å²) in [6, 6.07) is 11.3. The second kappa shape index (κ2) is 10.1. The van der Waals surface area contributed by atoms with Gasteiger partial charge in [0.2, 0.25) is 11.7 Å². The standard InChI is InChI=1S/C20H15ClF3N3O5/c21-13-3-1-12(2-4-13)19-26-17(32-27-19)9-10-18(29)30-11-16(28)25-14-5-7-15(8-6-14)31-20(22,23)24/h1-8H,9-11H2,(H,25,28). The van der Waals surface area contributed by atoms with Gasteiger partial charge in [0.1, 0.15) is 5.75 Å². The number of anilines is 1. The number of halogens is 4. The van der Waals surface area contributed by atoms with E-state index in [1.807, 2.05) is 0 Å². The number of aryl methyl sites for hydroxylation is 1. The fourth-order valence-corrected chi connectivity index (χ4v) is 2.56. The minimum absolute atomic E-state index is 0.0982. The average Bonchev–Trinajstić information content (AvgIpc) is 3.21. The number of alkyl halides is 3. The quantitative estimate of drug-likeness (QED) is 0.487. The first kappa shape index (κ1) is 23.1.